The maximum absolute atomic E-state index is 5.58. The van der Waals surface area contributed by atoms with Crippen LogP contribution in [0.4, 0.5) is 0 Å². The summed E-state index contributed by atoms with van der Waals surface area (Å²) in [7, 11) is 3.35. The van der Waals surface area contributed by atoms with Gasteiger partial charge in [0.15, 0.2) is 0 Å². The first kappa shape index (κ1) is 16.7. The van der Waals surface area contributed by atoms with Crippen molar-refractivity contribution in [2.24, 2.45) is 15.9 Å². The molecule has 1 rings (SSSR count). The third-order valence-corrected chi connectivity index (χ3v) is 3.69. The minimum Gasteiger partial charge on any atom is -0.483 e. The Labute approximate surface area is 123 Å². The molecule has 0 spiro atoms. The summed E-state index contributed by atoms with van der Waals surface area (Å²) >= 11 is 0. The molecule has 0 N–H and O–H groups in total. The van der Waals surface area contributed by atoms with E-state index in [1.165, 1.54) is 0 Å². The molecule has 0 amide bonds. The SMILES string of the molecule is C=CCC[C@@]1(CCC)N=C(OC)[C@@H](C(C)C)N=C1OC. The number of allylic oxidation sites excluding steroid dienone is 1. The first-order valence-corrected chi connectivity index (χ1v) is 7.41. The Morgan fingerprint density at radius 1 is 1.30 bits per heavy atom. The first-order valence-electron chi connectivity index (χ1n) is 7.41. The molecular formula is C16H28N2O2. The molecule has 0 bridgehead atoms. The topological polar surface area (TPSA) is 43.2 Å². The quantitative estimate of drug-likeness (QED) is 0.697. The van der Waals surface area contributed by atoms with E-state index >= 15 is 0 Å². The smallest absolute Gasteiger partial charge is 0.212 e. The van der Waals surface area contributed by atoms with Gasteiger partial charge in [-0.25, -0.2) is 9.98 Å². The minimum atomic E-state index is -0.394. The van der Waals surface area contributed by atoms with Gasteiger partial charge in [-0.1, -0.05) is 33.3 Å². The Morgan fingerprint density at radius 3 is 2.45 bits per heavy atom. The van der Waals surface area contributed by atoms with Crippen molar-refractivity contribution in [1.29, 1.82) is 0 Å². The van der Waals surface area contributed by atoms with Gasteiger partial charge in [0.05, 0.1) is 14.2 Å². The second-order valence-electron chi connectivity index (χ2n) is 5.59. The second-order valence-corrected chi connectivity index (χ2v) is 5.59. The summed E-state index contributed by atoms with van der Waals surface area (Å²) in [6.07, 6.45) is 5.59. The van der Waals surface area contributed by atoms with Gasteiger partial charge in [0.1, 0.15) is 11.6 Å². The zero-order valence-electron chi connectivity index (χ0n) is 13.5. The Balaban J connectivity index is 3.21. The highest BCUT2D eigenvalue weighted by Gasteiger charge is 2.42. The zero-order chi connectivity index (χ0) is 15.2. The van der Waals surface area contributed by atoms with Crippen LogP contribution in [0.5, 0.6) is 0 Å². The lowest BCUT2D eigenvalue weighted by Crippen LogP contribution is -2.46. The van der Waals surface area contributed by atoms with E-state index < -0.39 is 5.54 Å². The van der Waals surface area contributed by atoms with Crippen molar-refractivity contribution in [2.75, 3.05) is 14.2 Å². The van der Waals surface area contributed by atoms with Gasteiger partial charge in [-0.05, 0) is 25.2 Å². The molecule has 0 aromatic heterocycles. The number of nitrogens with zero attached hydrogens (tertiary/aromatic N) is 2. The van der Waals surface area contributed by atoms with Crippen molar-refractivity contribution in [3.8, 4) is 0 Å². The maximum atomic E-state index is 5.58. The maximum Gasteiger partial charge on any atom is 0.212 e. The van der Waals surface area contributed by atoms with E-state index in [0.29, 0.717) is 5.92 Å². The largest absolute Gasteiger partial charge is 0.483 e. The summed E-state index contributed by atoms with van der Waals surface area (Å²) in [5.74, 6) is 1.79. The van der Waals surface area contributed by atoms with Gasteiger partial charge in [-0.3, -0.25) is 0 Å². The van der Waals surface area contributed by atoms with Crippen LogP contribution >= 0.6 is 0 Å². The summed E-state index contributed by atoms with van der Waals surface area (Å²) in [5, 5.41) is 0. The number of hydrogen-bond acceptors (Lipinski definition) is 4. The fraction of sp³-hybridized carbons (Fsp3) is 0.750. The van der Waals surface area contributed by atoms with Crippen molar-refractivity contribution < 1.29 is 9.47 Å². The van der Waals surface area contributed by atoms with Gasteiger partial charge in [0.2, 0.25) is 11.8 Å². The van der Waals surface area contributed by atoms with Crippen LogP contribution in [0, 0.1) is 5.92 Å². The lowest BCUT2D eigenvalue weighted by Gasteiger charge is -2.36. The lowest BCUT2D eigenvalue weighted by atomic mass is 9.86. The van der Waals surface area contributed by atoms with Crippen molar-refractivity contribution in [2.45, 2.75) is 58.0 Å². The number of hydrogen-bond donors (Lipinski definition) is 0. The Kier molecular flexibility index (Phi) is 6.24. The highest BCUT2D eigenvalue weighted by molar-refractivity contribution is 5.96. The Hall–Kier alpha value is -1.32. The molecule has 4 heteroatoms. The van der Waals surface area contributed by atoms with Crippen molar-refractivity contribution >= 4 is 11.8 Å². The molecule has 1 heterocycles. The van der Waals surface area contributed by atoms with Gasteiger partial charge in [-0.2, -0.15) is 0 Å². The molecule has 0 unspecified atom stereocenters. The summed E-state index contributed by atoms with van der Waals surface area (Å²) in [6.45, 7) is 10.2. The molecule has 0 saturated heterocycles. The second kappa shape index (κ2) is 7.46. The molecule has 0 aromatic rings. The summed E-state index contributed by atoms with van der Waals surface area (Å²) < 4.78 is 11.1. The molecule has 0 saturated carbocycles. The highest BCUT2D eigenvalue weighted by Crippen LogP contribution is 2.32. The number of methoxy groups -OCH3 is 2. The fourth-order valence-electron chi connectivity index (χ4n) is 2.67. The van der Waals surface area contributed by atoms with Crippen LogP contribution in [0.25, 0.3) is 0 Å². The van der Waals surface area contributed by atoms with E-state index in [-0.39, 0.29) is 6.04 Å². The van der Waals surface area contributed by atoms with E-state index in [9.17, 15) is 0 Å². The van der Waals surface area contributed by atoms with E-state index in [2.05, 4.69) is 27.4 Å². The monoisotopic (exact) mass is 280 g/mol. The van der Waals surface area contributed by atoms with Gasteiger partial charge in [0.25, 0.3) is 0 Å². The lowest BCUT2D eigenvalue weighted by molar-refractivity contribution is 0.289. The molecule has 0 radical (unpaired) electrons. The van der Waals surface area contributed by atoms with Crippen molar-refractivity contribution in [3.05, 3.63) is 12.7 Å². The number of ether oxygens (including phenoxy) is 2. The third kappa shape index (κ3) is 3.41. The van der Waals surface area contributed by atoms with Crippen LogP contribution in [0.3, 0.4) is 0 Å². The van der Waals surface area contributed by atoms with E-state index in [1.807, 2.05) is 6.08 Å². The van der Waals surface area contributed by atoms with E-state index in [1.54, 1.807) is 14.2 Å². The predicted octanol–water partition coefficient (Wildman–Crippen LogP) is 3.62. The van der Waals surface area contributed by atoms with Crippen LogP contribution in [-0.4, -0.2) is 37.6 Å². The highest BCUT2D eigenvalue weighted by atomic mass is 16.5. The summed E-state index contributed by atoms with van der Waals surface area (Å²) in [4.78, 5) is 9.69. The van der Waals surface area contributed by atoms with E-state index in [4.69, 9.17) is 19.5 Å². The van der Waals surface area contributed by atoms with Crippen LogP contribution < -0.4 is 0 Å². The predicted molar refractivity (Wildman–Crippen MR) is 84.6 cm³/mol. The Morgan fingerprint density at radius 2 is 2.00 bits per heavy atom. The molecule has 1 aliphatic heterocycles. The number of rotatable bonds is 6. The van der Waals surface area contributed by atoms with Gasteiger partial charge in [-0.15, -0.1) is 6.58 Å². The average Bonchev–Trinajstić information content (AvgIpc) is 2.44. The number of aliphatic imine (C=N–C) groups is 2. The molecule has 0 aromatic carbocycles. The summed E-state index contributed by atoms with van der Waals surface area (Å²) in [6, 6.07) is -0.0522. The van der Waals surface area contributed by atoms with Crippen molar-refractivity contribution in [3.63, 3.8) is 0 Å². The van der Waals surface area contributed by atoms with Crippen LogP contribution in [0.2, 0.25) is 0 Å². The molecule has 4 nitrogen and oxygen atoms in total. The molecule has 0 fully saturated rings. The van der Waals surface area contributed by atoms with E-state index in [0.717, 1.165) is 37.5 Å². The average molecular weight is 280 g/mol. The van der Waals surface area contributed by atoms with Gasteiger partial charge >= 0.3 is 0 Å². The zero-order valence-corrected chi connectivity index (χ0v) is 13.5. The van der Waals surface area contributed by atoms with Crippen LogP contribution in [-0.2, 0) is 9.47 Å². The summed E-state index contributed by atoms with van der Waals surface area (Å²) in [5.41, 5.74) is -0.394. The molecule has 114 valence electrons. The standard InChI is InChI=1S/C16H28N2O2/c1-7-9-11-16(10-8-2)15(20-6)17-13(12(3)4)14(18-16)19-5/h7,12-13H,1,8-11H2,2-6H3/t13-,16-/m1/s1. The molecular weight excluding hydrogens is 252 g/mol. The molecule has 1 aliphatic rings. The first-order chi connectivity index (χ1) is 9.54. The molecule has 20 heavy (non-hydrogen) atoms. The van der Waals surface area contributed by atoms with Crippen LogP contribution in [0.1, 0.15) is 46.5 Å². The third-order valence-electron chi connectivity index (χ3n) is 3.69. The normalized spacial score (nSPS) is 26.0. The van der Waals surface area contributed by atoms with Gasteiger partial charge in [0, 0.05) is 0 Å². The minimum absolute atomic E-state index is 0.0522. The Bertz CT molecular complexity index is 388. The van der Waals surface area contributed by atoms with Crippen LogP contribution in [0.15, 0.2) is 22.6 Å². The molecule has 0 aliphatic carbocycles. The van der Waals surface area contributed by atoms with Gasteiger partial charge < -0.3 is 9.47 Å². The fourth-order valence-corrected chi connectivity index (χ4v) is 2.67. The van der Waals surface area contributed by atoms with Crippen molar-refractivity contribution in [1.82, 2.24) is 0 Å². The molecule has 2 atom stereocenters.